The molecule has 1 aromatic heterocycles. The molecule has 0 atom stereocenters. The summed E-state index contributed by atoms with van der Waals surface area (Å²) in [4.78, 5) is 24.8. The number of hydrogen-bond donors (Lipinski definition) is 2. The monoisotopic (exact) mass is 482 g/mol. The van der Waals surface area contributed by atoms with Gasteiger partial charge in [0, 0.05) is 11.5 Å². The van der Waals surface area contributed by atoms with Crippen molar-refractivity contribution in [2.24, 2.45) is 0 Å². The highest BCUT2D eigenvalue weighted by Gasteiger charge is 2.29. The van der Waals surface area contributed by atoms with Crippen molar-refractivity contribution in [3.05, 3.63) is 102 Å². The molecule has 0 fully saturated rings. The van der Waals surface area contributed by atoms with Crippen molar-refractivity contribution in [1.29, 1.82) is 0 Å². The Morgan fingerprint density at radius 2 is 1.58 bits per heavy atom. The van der Waals surface area contributed by atoms with E-state index in [-0.39, 0.29) is 25.0 Å². The maximum Gasteiger partial charge on any atom is 0.408 e. The number of ether oxygens (including phenoxy) is 2. The van der Waals surface area contributed by atoms with Gasteiger partial charge in [-0.2, -0.15) is 0 Å². The first-order valence-electron chi connectivity index (χ1n) is 11.8. The van der Waals surface area contributed by atoms with Gasteiger partial charge >= 0.3 is 6.09 Å². The Bertz CT molecular complexity index is 1350. The molecule has 3 aromatic carbocycles. The highest BCUT2D eigenvalue weighted by molar-refractivity contribution is 5.92. The van der Waals surface area contributed by atoms with Gasteiger partial charge in [0.25, 0.3) is 5.91 Å². The highest BCUT2D eigenvalue weighted by Crippen LogP contribution is 2.44. The van der Waals surface area contributed by atoms with E-state index in [1.54, 1.807) is 12.1 Å². The summed E-state index contributed by atoms with van der Waals surface area (Å²) in [6.45, 7) is 2.59. The van der Waals surface area contributed by atoms with E-state index in [4.69, 9.17) is 13.9 Å². The van der Waals surface area contributed by atoms with E-state index in [2.05, 4.69) is 34.9 Å². The van der Waals surface area contributed by atoms with Crippen LogP contribution in [0.4, 0.5) is 4.79 Å². The van der Waals surface area contributed by atoms with Gasteiger partial charge < -0.3 is 24.5 Å². The van der Waals surface area contributed by atoms with E-state index in [9.17, 15) is 9.59 Å². The molecule has 5 rings (SSSR count). The van der Waals surface area contributed by atoms with E-state index in [0.29, 0.717) is 12.4 Å². The summed E-state index contributed by atoms with van der Waals surface area (Å²) in [6, 6.07) is 27.0. The van der Waals surface area contributed by atoms with Gasteiger partial charge in [-0.05, 0) is 53.4 Å². The number of hydrogen-bond acceptors (Lipinski definition) is 5. The summed E-state index contributed by atoms with van der Waals surface area (Å²) >= 11 is 0. The third kappa shape index (κ3) is 4.81. The first-order valence-corrected chi connectivity index (χ1v) is 11.8. The quantitative estimate of drug-likeness (QED) is 0.321. The molecule has 0 radical (unpaired) electrons. The van der Waals surface area contributed by atoms with Crippen molar-refractivity contribution >= 4 is 12.0 Å². The molecular weight excluding hydrogens is 456 g/mol. The van der Waals surface area contributed by atoms with Crippen LogP contribution in [0, 0.1) is 0 Å². The van der Waals surface area contributed by atoms with Crippen LogP contribution in [0.1, 0.15) is 34.5 Å². The minimum Gasteiger partial charge on any atom is -0.494 e. The van der Waals surface area contributed by atoms with Crippen LogP contribution >= 0.6 is 0 Å². The fourth-order valence-electron chi connectivity index (χ4n) is 4.45. The molecule has 7 heteroatoms. The molecule has 1 aliphatic rings. The fourth-order valence-corrected chi connectivity index (χ4v) is 4.45. The zero-order valence-electron chi connectivity index (χ0n) is 19.8. The van der Waals surface area contributed by atoms with Crippen molar-refractivity contribution in [3.8, 4) is 28.2 Å². The number of nitrogens with one attached hydrogen (secondary N) is 2. The maximum absolute atomic E-state index is 12.5. The zero-order chi connectivity index (χ0) is 24.9. The van der Waals surface area contributed by atoms with Crippen LogP contribution in [0.5, 0.6) is 5.75 Å². The molecule has 0 spiro atoms. The van der Waals surface area contributed by atoms with Gasteiger partial charge in [0.05, 0.1) is 13.3 Å². The van der Waals surface area contributed by atoms with Crippen LogP contribution in [0.3, 0.4) is 0 Å². The lowest BCUT2D eigenvalue weighted by Gasteiger charge is -2.14. The van der Waals surface area contributed by atoms with Crippen LogP contribution in [0.25, 0.3) is 22.5 Å². The average Bonchev–Trinajstić information content (AvgIpc) is 3.52. The average molecular weight is 483 g/mol. The summed E-state index contributed by atoms with van der Waals surface area (Å²) in [5, 5.41) is 5.18. The van der Waals surface area contributed by atoms with Gasteiger partial charge in [0.1, 0.15) is 18.1 Å². The summed E-state index contributed by atoms with van der Waals surface area (Å²) in [5.41, 5.74) is 5.41. The van der Waals surface area contributed by atoms with Crippen molar-refractivity contribution < 1.29 is 23.5 Å². The van der Waals surface area contributed by atoms with Gasteiger partial charge in [-0.25, -0.2) is 4.79 Å². The lowest BCUT2D eigenvalue weighted by molar-refractivity contribution is 0.0921. The van der Waals surface area contributed by atoms with Gasteiger partial charge in [-0.1, -0.05) is 60.7 Å². The molecule has 182 valence electrons. The van der Waals surface area contributed by atoms with Crippen LogP contribution in [0.2, 0.25) is 0 Å². The Morgan fingerprint density at radius 1 is 0.861 bits per heavy atom. The van der Waals surface area contributed by atoms with Gasteiger partial charge in [-0.15, -0.1) is 0 Å². The van der Waals surface area contributed by atoms with E-state index in [1.807, 2.05) is 55.5 Å². The number of carbonyl (C=O) groups excluding carboxylic acids is 2. The molecule has 4 aromatic rings. The number of rotatable bonds is 8. The molecule has 7 nitrogen and oxygen atoms in total. The number of amides is 2. The van der Waals surface area contributed by atoms with Crippen LogP contribution in [0.15, 0.2) is 89.3 Å². The topological polar surface area (TPSA) is 89.8 Å². The SMILES string of the molecule is CCOc1cccc(-c2ccc(C(=O)NCNC(=O)OCC3c4ccccc4-c4ccccc43)o2)c1. The largest absolute Gasteiger partial charge is 0.494 e. The molecule has 0 bridgehead atoms. The standard InChI is InChI=1S/C29H26N2O5/c1-2-34-20-9-7-8-19(16-20)26-14-15-27(36-26)28(32)30-18-31-29(33)35-17-25-23-12-5-3-10-21(23)22-11-4-6-13-24(22)25/h3-16,25H,2,17-18H2,1H3,(H,30,32)(H,31,33). The number of carbonyl (C=O) groups is 2. The van der Waals surface area contributed by atoms with Crippen LogP contribution in [-0.2, 0) is 4.74 Å². The molecule has 1 heterocycles. The molecule has 0 unspecified atom stereocenters. The minimum atomic E-state index is -0.606. The Hall–Kier alpha value is -4.52. The second kappa shape index (κ2) is 10.4. The van der Waals surface area contributed by atoms with Gasteiger partial charge in [0.15, 0.2) is 5.76 Å². The lowest BCUT2D eigenvalue weighted by atomic mass is 9.98. The maximum atomic E-state index is 12.5. The molecule has 36 heavy (non-hydrogen) atoms. The molecule has 2 amide bonds. The lowest BCUT2D eigenvalue weighted by Crippen LogP contribution is -2.37. The van der Waals surface area contributed by atoms with Gasteiger partial charge in [-0.3, -0.25) is 4.79 Å². The van der Waals surface area contributed by atoms with E-state index in [0.717, 1.165) is 33.6 Å². The van der Waals surface area contributed by atoms with Crippen molar-refractivity contribution in [2.75, 3.05) is 19.9 Å². The zero-order valence-corrected chi connectivity index (χ0v) is 19.8. The summed E-state index contributed by atoms with van der Waals surface area (Å²) < 4.78 is 16.7. The molecule has 0 saturated carbocycles. The van der Waals surface area contributed by atoms with E-state index >= 15 is 0 Å². The summed E-state index contributed by atoms with van der Waals surface area (Å²) in [5.74, 6) is 0.943. The Labute approximate surface area is 209 Å². The number of fused-ring (bicyclic) bond motifs is 3. The third-order valence-electron chi connectivity index (χ3n) is 6.08. The molecule has 0 saturated heterocycles. The van der Waals surface area contributed by atoms with Crippen molar-refractivity contribution in [2.45, 2.75) is 12.8 Å². The second-order valence-electron chi connectivity index (χ2n) is 8.31. The minimum absolute atomic E-state index is 0.0273. The van der Waals surface area contributed by atoms with E-state index < -0.39 is 12.0 Å². The summed E-state index contributed by atoms with van der Waals surface area (Å²) in [7, 11) is 0. The first-order chi connectivity index (χ1) is 17.6. The van der Waals surface area contributed by atoms with Crippen molar-refractivity contribution in [3.63, 3.8) is 0 Å². The summed E-state index contributed by atoms with van der Waals surface area (Å²) in [6.07, 6.45) is -0.606. The normalized spacial score (nSPS) is 11.9. The van der Waals surface area contributed by atoms with Gasteiger partial charge in [0.2, 0.25) is 0 Å². The second-order valence-corrected chi connectivity index (χ2v) is 8.31. The third-order valence-corrected chi connectivity index (χ3v) is 6.08. The molecular formula is C29H26N2O5. The molecule has 1 aliphatic carbocycles. The highest BCUT2D eigenvalue weighted by atomic mass is 16.5. The smallest absolute Gasteiger partial charge is 0.408 e. The number of furan rings is 1. The Morgan fingerprint density at radius 3 is 2.31 bits per heavy atom. The Kier molecular flexibility index (Phi) is 6.71. The van der Waals surface area contributed by atoms with Crippen molar-refractivity contribution in [1.82, 2.24) is 10.6 Å². The molecule has 2 N–H and O–H groups in total. The van der Waals surface area contributed by atoms with Crippen LogP contribution < -0.4 is 15.4 Å². The molecule has 0 aliphatic heterocycles. The first kappa shape index (κ1) is 23.2. The van der Waals surface area contributed by atoms with E-state index in [1.165, 1.54) is 0 Å². The fraction of sp³-hybridized carbons (Fsp3) is 0.172. The Balaban J connectivity index is 1.13. The number of benzene rings is 3. The number of alkyl carbamates (subject to hydrolysis) is 1. The predicted molar refractivity (Wildman–Crippen MR) is 136 cm³/mol. The predicted octanol–water partition coefficient (Wildman–Crippen LogP) is 5.57. The van der Waals surface area contributed by atoms with Crippen LogP contribution in [-0.4, -0.2) is 31.9 Å².